The van der Waals surface area contributed by atoms with Crippen LogP contribution in [-0.4, -0.2) is 43.7 Å². The minimum Gasteiger partial charge on any atom is -0.497 e. The smallest absolute Gasteiger partial charge is 0.321 e. The molecule has 1 aliphatic rings. The van der Waals surface area contributed by atoms with Crippen LogP contribution in [0.4, 0.5) is 16.2 Å². The third-order valence-corrected chi connectivity index (χ3v) is 4.62. The van der Waals surface area contributed by atoms with Gasteiger partial charge in [-0.25, -0.2) is 4.79 Å². The van der Waals surface area contributed by atoms with Crippen LogP contribution >= 0.6 is 0 Å². The highest BCUT2D eigenvalue weighted by Crippen LogP contribution is 2.22. The van der Waals surface area contributed by atoms with E-state index in [1.54, 1.807) is 7.11 Å². The summed E-state index contributed by atoms with van der Waals surface area (Å²) in [5.74, 6) is 0.776. The van der Waals surface area contributed by atoms with Crippen LogP contribution in [0.2, 0.25) is 0 Å². The Hall–Kier alpha value is -2.69. The lowest BCUT2D eigenvalue weighted by molar-refractivity contribution is 0.200. The van der Waals surface area contributed by atoms with Gasteiger partial charge in [0.25, 0.3) is 0 Å². The first kappa shape index (κ1) is 17.1. The number of piperazine rings is 1. The molecule has 2 aromatic rings. The van der Waals surface area contributed by atoms with Crippen molar-refractivity contribution in [1.29, 1.82) is 0 Å². The maximum atomic E-state index is 12.5. The van der Waals surface area contributed by atoms with Gasteiger partial charge in [-0.05, 0) is 50.2 Å². The molecule has 1 heterocycles. The van der Waals surface area contributed by atoms with Crippen molar-refractivity contribution in [3.05, 3.63) is 54.1 Å². The SMILES string of the molecule is COc1ccc(NC(=O)N2CCN(c3ccc(C)cc3)[C@@H](C)C2)cc1. The van der Waals surface area contributed by atoms with Crippen LogP contribution in [0.3, 0.4) is 0 Å². The maximum absolute atomic E-state index is 12.5. The predicted octanol–water partition coefficient (Wildman–Crippen LogP) is 3.75. The quantitative estimate of drug-likeness (QED) is 0.926. The highest BCUT2D eigenvalue weighted by atomic mass is 16.5. The molecule has 3 rings (SSSR count). The van der Waals surface area contributed by atoms with E-state index >= 15 is 0 Å². The Morgan fingerprint density at radius 3 is 2.36 bits per heavy atom. The second-order valence-electron chi connectivity index (χ2n) is 6.48. The average Bonchev–Trinajstić information content (AvgIpc) is 2.63. The van der Waals surface area contributed by atoms with Crippen LogP contribution in [-0.2, 0) is 0 Å². The average molecular weight is 339 g/mol. The minimum absolute atomic E-state index is 0.0550. The molecule has 2 aromatic carbocycles. The van der Waals surface area contributed by atoms with Gasteiger partial charge in [-0.2, -0.15) is 0 Å². The number of aryl methyl sites for hydroxylation is 1. The van der Waals surface area contributed by atoms with Gasteiger partial charge >= 0.3 is 6.03 Å². The zero-order valence-electron chi connectivity index (χ0n) is 15.0. The van der Waals surface area contributed by atoms with Crippen LogP contribution in [0.1, 0.15) is 12.5 Å². The largest absolute Gasteiger partial charge is 0.497 e. The topological polar surface area (TPSA) is 44.8 Å². The Bertz CT molecular complexity index is 713. The van der Waals surface area contributed by atoms with Crippen LogP contribution in [0.5, 0.6) is 5.75 Å². The fourth-order valence-electron chi connectivity index (χ4n) is 3.14. The first-order chi connectivity index (χ1) is 12.1. The Balaban J connectivity index is 1.59. The highest BCUT2D eigenvalue weighted by molar-refractivity contribution is 5.89. The van der Waals surface area contributed by atoms with Gasteiger partial charge in [0.2, 0.25) is 0 Å². The summed E-state index contributed by atoms with van der Waals surface area (Å²) in [4.78, 5) is 16.8. The van der Waals surface area contributed by atoms with E-state index in [2.05, 4.69) is 48.3 Å². The van der Waals surface area contributed by atoms with Gasteiger partial charge in [0.05, 0.1) is 7.11 Å². The number of anilines is 2. The summed E-state index contributed by atoms with van der Waals surface area (Å²) in [5.41, 5.74) is 3.25. The van der Waals surface area contributed by atoms with E-state index in [0.29, 0.717) is 13.1 Å². The fourth-order valence-corrected chi connectivity index (χ4v) is 3.14. The molecule has 2 amide bonds. The van der Waals surface area contributed by atoms with Gasteiger partial charge in [0.15, 0.2) is 0 Å². The molecule has 5 heteroatoms. The highest BCUT2D eigenvalue weighted by Gasteiger charge is 2.26. The number of carbonyl (C=O) groups is 1. The van der Waals surface area contributed by atoms with E-state index < -0.39 is 0 Å². The zero-order chi connectivity index (χ0) is 17.8. The normalized spacial score (nSPS) is 17.3. The van der Waals surface area contributed by atoms with Crippen molar-refractivity contribution >= 4 is 17.4 Å². The number of carbonyl (C=O) groups excluding carboxylic acids is 1. The molecule has 1 atom stereocenters. The maximum Gasteiger partial charge on any atom is 0.321 e. The summed E-state index contributed by atoms with van der Waals surface area (Å²) in [5, 5.41) is 2.96. The van der Waals surface area contributed by atoms with Gasteiger partial charge in [-0.15, -0.1) is 0 Å². The lowest BCUT2D eigenvalue weighted by Gasteiger charge is -2.41. The summed E-state index contributed by atoms with van der Waals surface area (Å²) in [6, 6.07) is 16.2. The number of hydrogen-bond acceptors (Lipinski definition) is 3. The molecule has 1 fully saturated rings. The molecule has 1 aliphatic heterocycles. The molecule has 5 nitrogen and oxygen atoms in total. The molecule has 132 valence electrons. The summed E-state index contributed by atoms with van der Waals surface area (Å²) in [6.07, 6.45) is 0. The van der Waals surface area contributed by atoms with E-state index in [4.69, 9.17) is 4.74 Å². The molecular formula is C20H25N3O2. The van der Waals surface area contributed by atoms with E-state index in [0.717, 1.165) is 18.0 Å². The standard InChI is InChI=1S/C20H25N3O2/c1-15-4-8-18(9-5-15)23-13-12-22(14-16(23)2)20(24)21-17-6-10-19(25-3)11-7-17/h4-11,16H,12-14H2,1-3H3,(H,21,24)/t16-/m0/s1. The number of benzene rings is 2. The summed E-state index contributed by atoms with van der Waals surface area (Å²) < 4.78 is 5.14. The Kier molecular flexibility index (Phi) is 5.12. The Morgan fingerprint density at radius 2 is 1.76 bits per heavy atom. The number of urea groups is 1. The molecule has 0 unspecified atom stereocenters. The van der Waals surface area contributed by atoms with Crippen molar-refractivity contribution in [3.63, 3.8) is 0 Å². The molecule has 0 aromatic heterocycles. The third kappa shape index (κ3) is 4.05. The molecule has 0 spiro atoms. The van der Waals surface area contributed by atoms with Crippen LogP contribution in [0.25, 0.3) is 0 Å². The Morgan fingerprint density at radius 1 is 1.08 bits per heavy atom. The van der Waals surface area contributed by atoms with E-state index in [1.165, 1.54) is 11.3 Å². The van der Waals surface area contributed by atoms with Gasteiger partial charge in [-0.3, -0.25) is 0 Å². The molecular weight excluding hydrogens is 314 g/mol. The number of methoxy groups -OCH3 is 1. The summed E-state index contributed by atoms with van der Waals surface area (Å²) in [6.45, 7) is 6.50. The van der Waals surface area contributed by atoms with Crippen molar-refractivity contribution in [2.45, 2.75) is 19.9 Å². The number of amides is 2. The lowest BCUT2D eigenvalue weighted by Crippen LogP contribution is -2.54. The molecule has 0 bridgehead atoms. The first-order valence-corrected chi connectivity index (χ1v) is 8.60. The zero-order valence-corrected chi connectivity index (χ0v) is 15.0. The number of nitrogens with zero attached hydrogens (tertiary/aromatic N) is 2. The number of nitrogens with one attached hydrogen (secondary N) is 1. The molecule has 0 aliphatic carbocycles. The van der Waals surface area contributed by atoms with Crippen molar-refractivity contribution in [3.8, 4) is 5.75 Å². The first-order valence-electron chi connectivity index (χ1n) is 8.60. The van der Waals surface area contributed by atoms with Crippen LogP contribution < -0.4 is 15.0 Å². The van der Waals surface area contributed by atoms with Crippen molar-refractivity contribution < 1.29 is 9.53 Å². The predicted molar refractivity (Wildman–Crippen MR) is 102 cm³/mol. The van der Waals surface area contributed by atoms with E-state index in [-0.39, 0.29) is 12.1 Å². The molecule has 0 radical (unpaired) electrons. The second kappa shape index (κ2) is 7.47. The molecule has 1 N–H and O–H groups in total. The second-order valence-corrected chi connectivity index (χ2v) is 6.48. The monoisotopic (exact) mass is 339 g/mol. The van der Waals surface area contributed by atoms with Gasteiger partial charge in [0, 0.05) is 37.1 Å². The van der Waals surface area contributed by atoms with Gasteiger partial charge in [0.1, 0.15) is 5.75 Å². The van der Waals surface area contributed by atoms with Crippen LogP contribution in [0.15, 0.2) is 48.5 Å². The number of ether oxygens (including phenoxy) is 1. The van der Waals surface area contributed by atoms with Crippen molar-refractivity contribution in [2.24, 2.45) is 0 Å². The number of rotatable bonds is 3. The lowest BCUT2D eigenvalue weighted by atomic mass is 10.1. The summed E-state index contributed by atoms with van der Waals surface area (Å²) >= 11 is 0. The molecule has 25 heavy (non-hydrogen) atoms. The molecule has 1 saturated heterocycles. The number of hydrogen-bond donors (Lipinski definition) is 1. The van der Waals surface area contributed by atoms with Gasteiger partial charge < -0.3 is 19.9 Å². The third-order valence-electron chi connectivity index (χ3n) is 4.62. The van der Waals surface area contributed by atoms with Crippen molar-refractivity contribution in [1.82, 2.24) is 4.90 Å². The fraction of sp³-hybridized carbons (Fsp3) is 0.350. The van der Waals surface area contributed by atoms with Crippen molar-refractivity contribution in [2.75, 3.05) is 37.0 Å². The minimum atomic E-state index is -0.0550. The molecule has 0 saturated carbocycles. The van der Waals surface area contributed by atoms with Crippen LogP contribution in [0, 0.1) is 6.92 Å². The van der Waals surface area contributed by atoms with E-state index in [1.807, 2.05) is 29.2 Å². The van der Waals surface area contributed by atoms with Gasteiger partial charge in [-0.1, -0.05) is 17.7 Å². The Labute approximate surface area is 149 Å². The van der Waals surface area contributed by atoms with E-state index in [9.17, 15) is 4.79 Å². The summed E-state index contributed by atoms with van der Waals surface area (Å²) in [7, 11) is 1.63.